The molecule has 1 atom stereocenters. The van der Waals surface area contributed by atoms with Gasteiger partial charge >= 0.3 is 39.6 Å². The Bertz CT molecular complexity index is 1320. The Balaban J connectivity index is 0.000000868. The average molecular weight is 577 g/mol. The standard InChI is InChI=1S/C26H25Cl2N3.2ClH.Fe/c1-14-10-16(3)24(20(27)12-14)29-18(5)22-8-7-9-23-19(6)30(26(29)31(22)23)25-17(4)11-15(2)13-21(25)28;;;/h7-13,26H,5H2,1-4,6H3;2*1H;/q+2;;;+2/p-2/t26-;;;/m0.../s1. The van der Waals surface area contributed by atoms with E-state index >= 15 is 0 Å². The van der Waals surface area contributed by atoms with Crippen molar-refractivity contribution in [2.45, 2.75) is 40.9 Å². The van der Waals surface area contributed by atoms with Crippen LogP contribution in [0.5, 0.6) is 0 Å². The Hall–Kier alpha value is -1.52. The minimum atomic E-state index is -0.156. The zero-order valence-electron chi connectivity index (χ0n) is 19.5. The molecule has 178 valence electrons. The maximum absolute atomic E-state index is 6.84. The fraction of sp³-hybridized carbons (Fsp3) is 0.231. The molecule has 8 heteroatoms. The number of aromatic nitrogens is 1. The number of nitrogens with zero attached hydrogens (tertiary/aromatic N) is 3. The summed E-state index contributed by atoms with van der Waals surface area (Å²) < 4.78 is 4.66. The van der Waals surface area contributed by atoms with Gasteiger partial charge in [-0.25, -0.2) is 4.90 Å². The second-order valence-electron chi connectivity index (χ2n) is 8.66. The van der Waals surface area contributed by atoms with E-state index in [1.165, 1.54) is 0 Å². The molecule has 2 aliphatic heterocycles. The first-order chi connectivity index (χ1) is 16.1. The van der Waals surface area contributed by atoms with Gasteiger partial charge in [0, 0.05) is 24.6 Å². The average Bonchev–Trinajstić information content (AvgIpc) is 3.18. The summed E-state index contributed by atoms with van der Waals surface area (Å²) in [4.78, 5) is 2.25. The molecular weight excluding hydrogens is 552 g/mol. The molecule has 34 heavy (non-hydrogen) atoms. The molecule has 0 amide bonds. The summed E-state index contributed by atoms with van der Waals surface area (Å²) >= 11 is 13.9. The Morgan fingerprint density at radius 2 is 1.41 bits per heavy atom. The van der Waals surface area contributed by atoms with Crippen LogP contribution in [-0.4, -0.2) is 10.3 Å². The van der Waals surface area contributed by atoms with Gasteiger partial charge in [0.1, 0.15) is 10.7 Å². The van der Waals surface area contributed by atoms with E-state index < -0.39 is 0 Å². The number of hydrogen-bond donors (Lipinski definition) is 0. The number of anilines is 1. The normalized spacial score (nSPS) is 16.2. The summed E-state index contributed by atoms with van der Waals surface area (Å²) in [5.41, 5.74) is 10.9. The third kappa shape index (κ3) is 4.09. The van der Waals surface area contributed by atoms with Crippen LogP contribution in [0.15, 0.2) is 49.0 Å². The van der Waals surface area contributed by atoms with Gasteiger partial charge in [-0.1, -0.05) is 35.8 Å². The van der Waals surface area contributed by atoms with Crippen molar-refractivity contribution < 1.29 is 22.3 Å². The first-order valence-corrected chi connectivity index (χ1v) is 14.5. The molecule has 0 N–H and O–H groups in total. The molecule has 0 saturated carbocycles. The van der Waals surface area contributed by atoms with Crippen molar-refractivity contribution in [2.24, 2.45) is 0 Å². The first-order valence-electron chi connectivity index (χ1n) is 10.7. The number of pyridine rings is 1. The quantitative estimate of drug-likeness (QED) is 0.222. The van der Waals surface area contributed by atoms with Gasteiger partial charge in [-0.3, -0.25) is 0 Å². The van der Waals surface area contributed by atoms with E-state index in [-0.39, 0.29) is 19.4 Å². The first kappa shape index (κ1) is 25.6. The van der Waals surface area contributed by atoms with Crippen LogP contribution in [0.3, 0.4) is 0 Å². The monoisotopic (exact) mass is 575 g/mol. The van der Waals surface area contributed by atoms with Crippen molar-refractivity contribution in [1.29, 1.82) is 0 Å². The van der Waals surface area contributed by atoms with Crippen LogP contribution in [0, 0.1) is 27.7 Å². The van der Waals surface area contributed by atoms with Crippen LogP contribution < -0.4 is 9.47 Å². The van der Waals surface area contributed by atoms with Crippen LogP contribution in [0.2, 0.25) is 10.0 Å². The molecule has 0 unspecified atom stereocenters. The van der Waals surface area contributed by atoms with Crippen molar-refractivity contribution in [3.8, 4) is 0 Å². The molecule has 0 spiro atoms. The molecule has 3 nitrogen and oxygen atoms in total. The molecule has 3 aromatic rings. The number of hydrogen-bond acceptors (Lipinski definition) is 1. The van der Waals surface area contributed by atoms with Crippen LogP contribution >= 0.6 is 43.4 Å². The van der Waals surface area contributed by atoms with Gasteiger partial charge in [-0.2, -0.15) is 0 Å². The Morgan fingerprint density at radius 1 is 0.853 bits per heavy atom. The van der Waals surface area contributed by atoms with Crippen LogP contribution in [0.4, 0.5) is 11.4 Å². The van der Waals surface area contributed by atoms with Gasteiger partial charge in [-0.05, 0) is 68.7 Å². The van der Waals surface area contributed by atoms with E-state index in [0.717, 1.165) is 66.5 Å². The molecule has 0 bridgehead atoms. The van der Waals surface area contributed by atoms with Crippen molar-refractivity contribution in [3.63, 3.8) is 0 Å². The molecule has 3 heterocycles. The number of benzene rings is 2. The third-order valence-corrected chi connectivity index (χ3v) is 6.89. The van der Waals surface area contributed by atoms with Crippen molar-refractivity contribution in [3.05, 3.63) is 92.7 Å². The zero-order valence-corrected chi connectivity index (χ0v) is 23.7. The molecule has 1 aromatic heterocycles. The van der Waals surface area contributed by atoms with Gasteiger partial charge in [0.25, 0.3) is 11.4 Å². The predicted octanol–water partition coefficient (Wildman–Crippen LogP) is 8.00. The fourth-order valence-corrected chi connectivity index (χ4v) is 5.99. The molecule has 0 radical (unpaired) electrons. The Labute approximate surface area is 225 Å². The van der Waals surface area contributed by atoms with Gasteiger partial charge in [-0.15, -0.1) is 9.14 Å². The van der Waals surface area contributed by atoms with E-state index in [4.69, 9.17) is 43.4 Å². The summed E-state index contributed by atoms with van der Waals surface area (Å²) in [6.45, 7) is 15.0. The van der Waals surface area contributed by atoms with Gasteiger partial charge in [0.2, 0.25) is 11.4 Å². The van der Waals surface area contributed by atoms with Crippen molar-refractivity contribution in [2.75, 3.05) is 4.90 Å². The second kappa shape index (κ2) is 9.85. The topological polar surface area (TPSA) is 10.1 Å². The van der Waals surface area contributed by atoms with Gasteiger partial charge in [0.15, 0.2) is 0 Å². The SMILES string of the molecule is C=C1c2cccc3[n+]2[C@@H](N1c1c(C)cc(C)cc1Cl)[N+](c1c(C)cc(C)cc1Cl)=C3C.[Cl][Fe][Cl]. The van der Waals surface area contributed by atoms with Crippen molar-refractivity contribution >= 4 is 66.2 Å². The third-order valence-electron chi connectivity index (χ3n) is 6.32. The molecular formula is C26H25Cl4FeN3+2. The Kier molecular flexibility index (Phi) is 7.41. The van der Waals surface area contributed by atoms with Crippen LogP contribution in [-0.2, 0) is 13.1 Å². The predicted molar refractivity (Wildman–Crippen MR) is 140 cm³/mol. The summed E-state index contributed by atoms with van der Waals surface area (Å²) in [7, 11) is 9.53. The molecule has 0 fully saturated rings. The van der Waals surface area contributed by atoms with Gasteiger partial charge < -0.3 is 0 Å². The van der Waals surface area contributed by atoms with E-state index in [2.05, 4.69) is 85.6 Å². The summed E-state index contributed by atoms with van der Waals surface area (Å²) in [5, 5.41) is 1.47. The molecule has 2 aromatic carbocycles. The minimum absolute atomic E-state index is 0.156. The summed E-state index contributed by atoms with van der Waals surface area (Å²) in [5.74, 6) is 0. The van der Waals surface area contributed by atoms with E-state index in [1.54, 1.807) is 0 Å². The summed E-state index contributed by atoms with van der Waals surface area (Å²) in [6, 6.07) is 14.8. The summed E-state index contributed by atoms with van der Waals surface area (Å²) in [6.07, 6.45) is -0.156. The number of aryl methyl sites for hydroxylation is 4. The zero-order chi connectivity index (χ0) is 24.9. The van der Waals surface area contributed by atoms with E-state index in [9.17, 15) is 0 Å². The fourth-order valence-electron chi connectivity index (χ4n) is 5.17. The molecule has 5 rings (SSSR count). The molecule has 0 saturated heterocycles. The number of rotatable bonds is 2. The number of halogens is 4. The second-order valence-corrected chi connectivity index (χ2v) is 11.3. The maximum atomic E-state index is 6.84. The van der Waals surface area contributed by atoms with Crippen LogP contribution in [0.25, 0.3) is 5.70 Å². The molecule has 0 aliphatic carbocycles. The van der Waals surface area contributed by atoms with Crippen LogP contribution in [0.1, 0.15) is 46.9 Å². The Morgan fingerprint density at radius 3 is 2.00 bits per heavy atom. The molecule has 2 aliphatic rings. The van der Waals surface area contributed by atoms with E-state index in [1.807, 2.05) is 12.1 Å². The van der Waals surface area contributed by atoms with Gasteiger partial charge in [0.05, 0.1) is 10.7 Å². The van der Waals surface area contributed by atoms with E-state index in [0.29, 0.717) is 0 Å². The van der Waals surface area contributed by atoms with Crippen molar-refractivity contribution in [1.82, 2.24) is 0 Å².